The Morgan fingerprint density at radius 2 is 2.11 bits per heavy atom. The first-order chi connectivity index (χ1) is 8.73. The average Bonchev–Trinajstić information content (AvgIpc) is 2.83. The Morgan fingerprint density at radius 3 is 2.83 bits per heavy atom. The minimum atomic E-state index is -0.191. The van der Waals surface area contributed by atoms with Gasteiger partial charge in [-0.05, 0) is 31.0 Å². The van der Waals surface area contributed by atoms with Crippen LogP contribution in [-0.2, 0) is 10.2 Å². The largest absolute Gasteiger partial charge is 0.440 e. The Balaban J connectivity index is 2.06. The summed E-state index contributed by atoms with van der Waals surface area (Å²) in [6.07, 6.45) is 1.70. The van der Waals surface area contributed by atoms with Crippen molar-refractivity contribution < 1.29 is 9.15 Å². The van der Waals surface area contributed by atoms with E-state index in [1.54, 1.807) is 6.07 Å². The van der Waals surface area contributed by atoms with Crippen LogP contribution in [-0.4, -0.2) is 24.7 Å². The quantitative estimate of drug-likeness (QED) is 0.907. The molecule has 4 nitrogen and oxygen atoms in total. The number of hydrogen-bond acceptors (Lipinski definition) is 4. The summed E-state index contributed by atoms with van der Waals surface area (Å²) in [5.41, 5.74) is 7.30. The maximum Gasteiger partial charge on any atom is 0.203 e. The van der Waals surface area contributed by atoms with E-state index in [0.717, 1.165) is 23.9 Å². The molecule has 3 rings (SSSR count). The Labute approximate surface area is 110 Å². The lowest BCUT2D eigenvalue weighted by Crippen LogP contribution is -2.40. The van der Waals surface area contributed by atoms with Gasteiger partial charge in [-0.25, -0.2) is 4.98 Å². The van der Waals surface area contributed by atoms with Crippen molar-refractivity contribution in [2.45, 2.75) is 18.3 Å². The number of halogens is 1. The number of nitrogens with zero attached hydrogens (tertiary/aromatic N) is 1. The molecule has 0 aliphatic carbocycles. The van der Waals surface area contributed by atoms with Crippen molar-refractivity contribution >= 4 is 22.7 Å². The van der Waals surface area contributed by atoms with Gasteiger partial charge in [0.2, 0.25) is 5.89 Å². The van der Waals surface area contributed by atoms with Gasteiger partial charge in [-0.1, -0.05) is 11.6 Å². The third-order valence-electron chi connectivity index (χ3n) is 3.64. The summed E-state index contributed by atoms with van der Waals surface area (Å²) in [7, 11) is 0. The van der Waals surface area contributed by atoms with Crippen LogP contribution in [0, 0.1) is 0 Å². The highest BCUT2D eigenvalue weighted by atomic mass is 35.5. The Morgan fingerprint density at radius 1 is 1.33 bits per heavy atom. The highest BCUT2D eigenvalue weighted by Gasteiger charge is 2.37. The molecule has 0 radical (unpaired) electrons. The summed E-state index contributed by atoms with van der Waals surface area (Å²) in [5.74, 6) is 0.713. The summed E-state index contributed by atoms with van der Waals surface area (Å²) in [5, 5.41) is 0.663. The fourth-order valence-electron chi connectivity index (χ4n) is 2.39. The van der Waals surface area contributed by atoms with E-state index in [0.29, 0.717) is 30.7 Å². The SMILES string of the molecule is NCC1(c2nc3cc(Cl)ccc3o2)CCOCC1. The lowest BCUT2D eigenvalue weighted by atomic mass is 9.80. The number of oxazole rings is 1. The Kier molecular flexibility index (Phi) is 3.01. The van der Waals surface area contributed by atoms with Crippen LogP contribution in [0.5, 0.6) is 0 Å². The third-order valence-corrected chi connectivity index (χ3v) is 3.88. The van der Waals surface area contributed by atoms with Gasteiger partial charge in [-0.15, -0.1) is 0 Å². The minimum absolute atomic E-state index is 0.191. The molecule has 1 aromatic heterocycles. The molecular weight excluding hydrogens is 252 g/mol. The molecule has 2 N–H and O–H groups in total. The van der Waals surface area contributed by atoms with Crippen molar-refractivity contribution in [3.8, 4) is 0 Å². The Bertz CT molecular complexity index is 561. The van der Waals surface area contributed by atoms with Crippen LogP contribution in [0.4, 0.5) is 0 Å². The molecule has 1 saturated heterocycles. The van der Waals surface area contributed by atoms with Crippen LogP contribution in [0.25, 0.3) is 11.1 Å². The molecule has 0 atom stereocenters. The molecule has 1 aromatic carbocycles. The maximum absolute atomic E-state index is 5.96. The molecule has 1 aliphatic heterocycles. The van der Waals surface area contributed by atoms with Crippen LogP contribution < -0.4 is 5.73 Å². The first-order valence-electron chi connectivity index (χ1n) is 6.08. The normalized spacial score (nSPS) is 19.2. The molecule has 5 heteroatoms. The number of benzene rings is 1. The summed E-state index contributed by atoms with van der Waals surface area (Å²) >= 11 is 5.96. The molecule has 18 heavy (non-hydrogen) atoms. The zero-order valence-corrected chi connectivity index (χ0v) is 10.7. The number of ether oxygens (including phenoxy) is 1. The van der Waals surface area contributed by atoms with Gasteiger partial charge in [-0.2, -0.15) is 0 Å². The summed E-state index contributed by atoms with van der Waals surface area (Å²) in [6, 6.07) is 5.46. The van der Waals surface area contributed by atoms with Gasteiger partial charge in [0.15, 0.2) is 5.58 Å². The van der Waals surface area contributed by atoms with E-state index in [9.17, 15) is 0 Å². The highest BCUT2D eigenvalue weighted by Crippen LogP contribution is 2.35. The number of rotatable bonds is 2. The summed E-state index contributed by atoms with van der Waals surface area (Å²) in [4.78, 5) is 4.55. The second kappa shape index (κ2) is 4.53. The van der Waals surface area contributed by atoms with Gasteiger partial charge in [0.05, 0.1) is 5.41 Å². The van der Waals surface area contributed by atoms with Crippen LogP contribution in [0.2, 0.25) is 5.02 Å². The van der Waals surface area contributed by atoms with Crippen LogP contribution in [0.3, 0.4) is 0 Å². The van der Waals surface area contributed by atoms with E-state index in [1.165, 1.54) is 0 Å². The van der Waals surface area contributed by atoms with Gasteiger partial charge in [-0.3, -0.25) is 0 Å². The van der Waals surface area contributed by atoms with Crippen molar-refractivity contribution in [3.63, 3.8) is 0 Å². The zero-order valence-electron chi connectivity index (χ0n) is 9.99. The molecule has 1 fully saturated rings. The van der Waals surface area contributed by atoms with Gasteiger partial charge in [0, 0.05) is 24.8 Å². The van der Waals surface area contributed by atoms with Crippen molar-refractivity contribution in [3.05, 3.63) is 29.1 Å². The number of nitrogens with two attached hydrogens (primary N) is 1. The fraction of sp³-hybridized carbons (Fsp3) is 0.462. The number of hydrogen-bond donors (Lipinski definition) is 1. The second-order valence-electron chi connectivity index (χ2n) is 4.73. The topological polar surface area (TPSA) is 61.3 Å². The molecule has 1 aliphatic rings. The molecule has 2 aromatic rings. The first kappa shape index (κ1) is 12.0. The van der Waals surface area contributed by atoms with Crippen LogP contribution in [0.15, 0.2) is 22.6 Å². The monoisotopic (exact) mass is 266 g/mol. The molecule has 0 amide bonds. The first-order valence-corrected chi connectivity index (χ1v) is 6.46. The molecule has 96 valence electrons. The van der Waals surface area contributed by atoms with Gasteiger partial charge >= 0.3 is 0 Å². The van der Waals surface area contributed by atoms with Crippen molar-refractivity contribution in [1.29, 1.82) is 0 Å². The molecular formula is C13H15ClN2O2. The number of fused-ring (bicyclic) bond motifs is 1. The standard InChI is InChI=1S/C13H15ClN2O2/c14-9-1-2-11-10(7-9)16-12(18-11)13(8-15)3-5-17-6-4-13/h1-2,7H,3-6,8,15H2. The molecule has 0 bridgehead atoms. The van der Waals surface area contributed by atoms with Gasteiger partial charge in [0.25, 0.3) is 0 Å². The molecule has 0 unspecified atom stereocenters. The van der Waals surface area contributed by atoms with Crippen molar-refractivity contribution in [1.82, 2.24) is 4.98 Å². The molecule has 2 heterocycles. The highest BCUT2D eigenvalue weighted by molar-refractivity contribution is 6.31. The molecule has 0 spiro atoms. The van der Waals surface area contributed by atoms with Gasteiger partial charge in [0.1, 0.15) is 5.52 Å². The Hall–Kier alpha value is -1.10. The summed E-state index contributed by atoms with van der Waals surface area (Å²) < 4.78 is 11.2. The minimum Gasteiger partial charge on any atom is -0.440 e. The van der Waals surface area contributed by atoms with Gasteiger partial charge < -0.3 is 14.9 Å². The van der Waals surface area contributed by atoms with Crippen molar-refractivity contribution in [2.24, 2.45) is 5.73 Å². The van der Waals surface area contributed by atoms with E-state index in [-0.39, 0.29) is 5.41 Å². The van der Waals surface area contributed by atoms with E-state index in [2.05, 4.69) is 4.98 Å². The van der Waals surface area contributed by atoms with Crippen LogP contribution in [0.1, 0.15) is 18.7 Å². The molecule has 0 saturated carbocycles. The van der Waals surface area contributed by atoms with E-state index >= 15 is 0 Å². The lowest BCUT2D eigenvalue weighted by molar-refractivity contribution is 0.0438. The summed E-state index contributed by atoms with van der Waals surface area (Å²) in [6.45, 7) is 1.93. The van der Waals surface area contributed by atoms with E-state index in [1.807, 2.05) is 12.1 Å². The fourth-order valence-corrected chi connectivity index (χ4v) is 2.56. The smallest absolute Gasteiger partial charge is 0.203 e. The zero-order chi connectivity index (χ0) is 12.6. The van der Waals surface area contributed by atoms with E-state index < -0.39 is 0 Å². The predicted octanol–water partition coefficient (Wildman–Crippen LogP) is 2.49. The number of aromatic nitrogens is 1. The van der Waals surface area contributed by atoms with Crippen LogP contribution >= 0.6 is 11.6 Å². The van der Waals surface area contributed by atoms with E-state index in [4.69, 9.17) is 26.5 Å². The third kappa shape index (κ3) is 1.90. The van der Waals surface area contributed by atoms with Crippen molar-refractivity contribution in [2.75, 3.05) is 19.8 Å². The lowest BCUT2D eigenvalue weighted by Gasteiger charge is -2.32. The maximum atomic E-state index is 5.96. The average molecular weight is 267 g/mol. The predicted molar refractivity (Wildman–Crippen MR) is 69.8 cm³/mol. The second-order valence-corrected chi connectivity index (χ2v) is 5.16.